The molecular formula is C61H115NO8. The van der Waals surface area contributed by atoms with Crippen LogP contribution in [0.3, 0.4) is 0 Å². The van der Waals surface area contributed by atoms with Gasteiger partial charge in [-0.15, -0.1) is 0 Å². The molecule has 0 saturated carbocycles. The summed E-state index contributed by atoms with van der Waals surface area (Å²) in [6.45, 7) is 3.79. The maximum atomic E-state index is 13.0. The van der Waals surface area contributed by atoms with Crippen molar-refractivity contribution in [1.82, 2.24) is 5.32 Å². The van der Waals surface area contributed by atoms with Crippen molar-refractivity contribution in [3.63, 3.8) is 0 Å². The van der Waals surface area contributed by atoms with Gasteiger partial charge in [0.1, 0.15) is 24.4 Å². The van der Waals surface area contributed by atoms with Crippen LogP contribution in [0.4, 0.5) is 0 Å². The summed E-state index contributed by atoms with van der Waals surface area (Å²) in [5.41, 5.74) is 0. The van der Waals surface area contributed by atoms with Crippen molar-refractivity contribution >= 4 is 5.91 Å². The molecule has 0 aromatic carbocycles. The molecule has 9 nitrogen and oxygen atoms in total. The van der Waals surface area contributed by atoms with E-state index in [-0.39, 0.29) is 12.5 Å². The summed E-state index contributed by atoms with van der Waals surface area (Å²) in [6.07, 6.45) is 59.4. The van der Waals surface area contributed by atoms with Gasteiger partial charge in [0, 0.05) is 6.42 Å². The second kappa shape index (κ2) is 50.9. The third-order valence-electron chi connectivity index (χ3n) is 14.4. The summed E-state index contributed by atoms with van der Waals surface area (Å²) in [5.74, 6) is -0.187. The van der Waals surface area contributed by atoms with Crippen LogP contribution < -0.4 is 5.32 Å². The van der Waals surface area contributed by atoms with Gasteiger partial charge in [0.2, 0.25) is 5.91 Å². The fourth-order valence-electron chi connectivity index (χ4n) is 9.66. The number of amides is 1. The van der Waals surface area contributed by atoms with Crippen LogP contribution in [0.1, 0.15) is 290 Å². The minimum absolute atomic E-state index is 0.187. The minimum atomic E-state index is -1.57. The van der Waals surface area contributed by atoms with Crippen molar-refractivity contribution < 1.29 is 39.8 Å². The molecule has 1 aliphatic rings. The first-order valence-corrected chi connectivity index (χ1v) is 30.2. The number of aliphatic hydroxyl groups is 5. The Morgan fingerprint density at radius 2 is 0.814 bits per heavy atom. The zero-order chi connectivity index (χ0) is 50.8. The molecule has 9 heteroatoms. The monoisotopic (exact) mass is 990 g/mol. The van der Waals surface area contributed by atoms with E-state index >= 15 is 0 Å². The molecule has 0 aliphatic carbocycles. The highest BCUT2D eigenvalue weighted by Crippen LogP contribution is 2.23. The Labute approximate surface area is 431 Å². The van der Waals surface area contributed by atoms with Gasteiger partial charge >= 0.3 is 0 Å². The SMILES string of the molecule is CCCCCCCCCCCCCCCCCCCCCC/C=C/CC/C=C/CC/C=C/C(O)C(COC1OC(CO)C(O)C(O)C1O)NC(=O)CCCCCCCCCCCCCCCCCCC. The first kappa shape index (κ1) is 66.4. The number of hydrogen-bond donors (Lipinski definition) is 6. The quantitative estimate of drug-likeness (QED) is 0.0261. The van der Waals surface area contributed by atoms with Crippen molar-refractivity contribution in [3.05, 3.63) is 36.5 Å². The molecule has 6 N–H and O–H groups in total. The number of nitrogens with one attached hydrogen (secondary N) is 1. The summed E-state index contributed by atoms with van der Waals surface area (Å²) < 4.78 is 11.3. The predicted octanol–water partition coefficient (Wildman–Crippen LogP) is 15.1. The molecule has 1 aliphatic heterocycles. The zero-order valence-electron chi connectivity index (χ0n) is 45.8. The number of allylic oxidation sites excluding steroid dienone is 5. The molecule has 1 rings (SSSR count). The topological polar surface area (TPSA) is 149 Å². The molecule has 1 saturated heterocycles. The summed E-state index contributed by atoms with van der Waals surface area (Å²) in [5, 5.41) is 54.5. The lowest BCUT2D eigenvalue weighted by Gasteiger charge is -2.40. The summed E-state index contributed by atoms with van der Waals surface area (Å²) in [7, 11) is 0. The van der Waals surface area contributed by atoms with Crippen LogP contribution in [0.2, 0.25) is 0 Å². The largest absolute Gasteiger partial charge is 0.394 e. The van der Waals surface area contributed by atoms with Crippen LogP contribution in [0.25, 0.3) is 0 Å². The van der Waals surface area contributed by atoms with E-state index in [1.165, 1.54) is 225 Å². The number of aliphatic hydroxyl groups excluding tert-OH is 5. The molecule has 0 aromatic rings. The number of hydrogen-bond acceptors (Lipinski definition) is 8. The normalized spacial score (nSPS) is 19.6. The fraction of sp³-hybridized carbons (Fsp3) is 0.885. The lowest BCUT2D eigenvalue weighted by molar-refractivity contribution is -0.302. The molecular weight excluding hydrogens is 875 g/mol. The number of rotatable bonds is 52. The Kier molecular flexibility index (Phi) is 48.3. The molecule has 1 amide bonds. The van der Waals surface area contributed by atoms with Gasteiger partial charge in [-0.25, -0.2) is 0 Å². The number of carbonyl (C=O) groups is 1. The minimum Gasteiger partial charge on any atom is -0.394 e. The second-order valence-corrected chi connectivity index (χ2v) is 21.1. The lowest BCUT2D eigenvalue weighted by atomic mass is 9.99. The molecule has 412 valence electrons. The van der Waals surface area contributed by atoms with E-state index in [2.05, 4.69) is 43.5 Å². The molecule has 1 fully saturated rings. The summed E-state index contributed by atoms with van der Waals surface area (Å²) in [6, 6.07) is -0.826. The molecule has 7 unspecified atom stereocenters. The van der Waals surface area contributed by atoms with Gasteiger partial charge in [-0.3, -0.25) is 4.79 Å². The van der Waals surface area contributed by atoms with Gasteiger partial charge in [0.25, 0.3) is 0 Å². The zero-order valence-corrected chi connectivity index (χ0v) is 45.8. The van der Waals surface area contributed by atoms with E-state index in [1.807, 2.05) is 6.08 Å². The smallest absolute Gasteiger partial charge is 0.220 e. The van der Waals surface area contributed by atoms with Crippen LogP contribution in [0, 0.1) is 0 Å². The van der Waals surface area contributed by atoms with Gasteiger partial charge in [-0.05, 0) is 44.9 Å². The van der Waals surface area contributed by atoms with Gasteiger partial charge in [0.15, 0.2) is 6.29 Å². The van der Waals surface area contributed by atoms with Crippen LogP contribution in [-0.2, 0) is 14.3 Å². The van der Waals surface area contributed by atoms with E-state index in [4.69, 9.17) is 9.47 Å². The Morgan fingerprint density at radius 3 is 1.20 bits per heavy atom. The van der Waals surface area contributed by atoms with Crippen molar-refractivity contribution in [2.24, 2.45) is 0 Å². The van der Waals surface area contributed by atoms with E-state index in [0.29, 0.717) is 6.42 Å². The van der Waals surface area contributed by atoms with E-state index in [1.54, 1.807) is 6.08 Å². The maximum absolute atomic E-state index is 13.0. The molecule has 0 radical (unpaired) electrons. The number of carbonyl (C=O) groups excluding carboxylic acids is 1. The third-order valence-corrected chi connectivity index (χ3v) is 14.4. The first-order chi connectivity index (χ1) is 34.3. The Morgan fingerprint density at radius 1 is 0.471 bits per heavy atom. The number of ether oxygens (including phenoxy) is 2. The molecule has 0 spiro atoms. The molecule has 7 atom stereocenters. The van der Waals surface area contributed by atoms with Crippen molar-refractivity contribution in [2.75, 3.05) is 13.2 Å². The maximum Gasteiger partial charge on any atom is 0.220 e. The number of unbranched alkanes of at least 4 members (excludes halogenated alkanes) is 38. The fourth-order valence-corrected chi connectivity index (χ4v) is 9.66. The summed E-state index contributed by atoms with van der Waals surface area (Å²) in [4.78, 5) is 13.0. The Bertz CT molecular complexity index is 1190. The molecule has 70 heavy (non-hydrogen) atoms. The highest BCUT2D eigenvalue weighted by atomic mass is 16.7. The average Bonchev–Trinajstić information content (AvgIpc) is 3.36. The Hall–Kier alpha value is -1.59. The Balaban J connectivity index is 2.21. The van der Waals surface area contributed by atoms with Crippen LogP contribution >= 0.6 is 0 Å². The lowest BCUT2D eigenvalue weighted by Crippen LogP contribution is -2.60. The molecule has 0 bridgehead atoms. The standard InChI is InChI=1S/C61H115NO8/c1-3-5-7-9-11-13-15-17-19-21-22-23-24-25-26-27-28-29-30-31-32-33-35-36-38-40-42-44-46-48-50-55(64)54(53-69-61-60(68)59(67)58(66)56(52-63)70-61)62-57(65)51-49-47-45-43-41-39-37-34-20-18-16-14-12-10-8-6-4-2/h33,35,40,42,48,50,54-56,58-61,63-64,66-68H,3-32,34,36-39,41,43-47,49,51-53H2,1-2H3,(H,62,65)/b35-33+,42-40+,50-48+. The van der Waals surface area contributed by atoms with Crippen LogP contribution in [-0.4, -0.2) is 87.5 Å². The van der Waals surface area contributed by atoms with Crippen molar-refractivity contribution in [1.29, 1.82) is 0 Å². The third kappa shape index (κ3) is 39.9. The van der Waals surface area contributed by atoms with Gasteiger partial charge in [-0.2, -0.15) is 0 Å². The van der Waals surface area contributed by atoms with E-state index < -0.39 is 49.5 Å². The molecule has 1 heterocycles. The van der Waals surface area contributed by atoms with Gasteiger partial charge in [0.05, 0.1) is 25.4 Å². The molecule has 0 aromatic heterocycles. The van der Waals surface area contributed by atoms with Crippen molar-refractivity contribution in [3.8, 4) is 0 Å². The average molecular weight is 991 g/mol. The van der Waals surface area contributed by atoms with Crippen LogP contribution in [0.15, 0.2) is 36.5 Å². The van der Waals surface area contributed by atoms with Gasteiger partial charge in [-0.1, -0.05) is 275 Å². The van der Waals surface area contributed by atoms with Gasteiger partial charge < -0.3 is 40.3 Å². The predicted molar refractivity (Wildman–Crippen MR) is 295 cm³/mol. The first-order valence-electron chi connectivity index (χ1n) is 30.2. The second-order valence-electron chi connectivity index (χ2n) is 21.1. The van der Waals surface area contributed by atoms with E-state index in [9.17, 15) is 30.3 Å². The summed E-state index contributed by atoms with van der Waals surface area (Å²) >= 11 is 0. The highest BCUT2D eigenvalue weighted by molar-refractivity contribution is 5.76. The highest BCUT2D eigenvalue weighted by Gasteiger charge is 2.44. The van der Waals surface area contributed by atoms with E-state index in [0.717, 1.165) is 44.9 Å². The van der Waals surface area contributed by atoms with Crippen LogP contribution in [0.5, 0.6) is 0 Å². The van der Waals surface area contributed by atoms with Crippen molar-refractivity contribution in [2.45, 2.75) is 333 Å².